The van der Waals surface area contributed by atoms with Gasteiger partial charge in [-0.3, -0.25) is 9.78 Å². The Kier molecular flexibility index (Phi) is 4.03. The average Bonchev–Trinajstić information content (AvgIpc) is 2.38. The van der Waals surface area contributed by atoms with Crippen LogP contribution in [-0.2, 0) is 11.8 Å². The summed E-state index contributed by atoms with van der Waals surface area (Å²) in [7, 11) is 0. The Morgan fingerprint density at radius 2 is 1.90 bits per heavy atom. The van der Waals surface area contributed by atoms with Crippen molar-refractivity contribution in [3.63, 3.8) is 0 Å². The molecule has 0 radical (unpaired) electrons. The minimum absolute atomic E-state index is 0.0591. The summed E-state index contributed by atoms with van der Waals surface area (Å²) < 4.78 is 0. The predicted molar refractivity (Wildman–Crippen MR) is 82.2 cm³/mol. The Balaban J connectivity index is 2.22. The first kappa shape index (κ1) is 14.4. The topological polar surface area (TPSA) is 30.0 Å². The third kappa shape index (κ3) is 3.53. The lowest BCUT2D eigenvalue weighted by Gasteiger charge is -2.19. The quantitative estimate of drug-likeness (QED) is 0.783. The Bertz CT molecular complexity index is 623. The summed E-state index contributed by atoms with van der Waals surface area (Å²) >= 11 is 0. The van der Waals surface area contributed by atoms with E-state index in [0.717, 1.165) is 16.8 Å². The van der Waals surface area contributed by atoms with Crippen LogP contribution in [0.1, 0.15) is 48.0 Å². The van der Waals surface area contributed by atoms with Gasteiger partial charge in [0.05, 0.1) is 0 Å². The molecule has 104 valence electrons. The predicted octanol–water partition coefficient (Wildman–Crippen LogP) is 4.11. The molecule has 0 atom stereocenters. The van der Waals surface area contributed by atoms with E-state index in [-0.39, 0.29) is 11.2 Å². The highest BCUT2D eigenvalue weighted by Crippen LogP contribution is 2.23. The standard InChI is InChI=1S/C18H21NO/c1-13-10-14(8-9-19-13)11-17(20)15-6-5-7-16(12-15)18(2,3)4/h5-10,12H,11H2,1-4H3. The molecule has 0 fully saturated rings. The van der Waals surface area contributed by atoms with E-state index in [1.807, 2.05) is 37.3 Å². The molecule has 0 aliphatic rings. The Labute approximate surface area is 120 Å². The smallest absolute Gasteiger partial charge is 0.167 e. The molecule has 0 aliphatic heterocycles. The lowest BCUT2D eigenvalue weighted by Crippen LogP contribution is -2.13. The van der Waals surface area contributed by atoms with E-state index in [1.165, 1.54) is 5.56 Å². The molecule has 20 heavy (non-hydrogen) atoms. The first-order chi connectivity index (χ1) is 9.36. The van der Waals surface area contributed by atoms with Gasteiger partial charge in [0.2, 0.25) is 0 Å². The van der Waals surface area contributed by atoms with E-state index in [1.54, 1.807) is 6.20 Å². The van der Waals surface area contributed by atoms with Crippen molar-refractivity contribution in [2.75, 3.05) is 0 Å². The van der Waals surface area contributed by atoms with Crippen LogP contribution in [0.25, 0.3) is 0 Å². The first-order valence-corrected chi connectivity index (χ1v) is 6.91. The summed E-state index contributed by atoms with van der Waals surface area (Å²) in [6.45, 7) is 8.41. The molecule has 0 N–H and O–H groups in total. The molecule has 1 heterocycles. The maximum Gasteiger partial charge on any atom is 0.167 e. The summed E-state index contributed by atoms with van der Waals surface area (Å²) in [4.78, 5) is 16.5. The molecule has 1 aromatic heterocycles. The van der Waals surface area contributed by atoms with Crippen LogP contribution in [0, 0.1) is 6.92 Å². The van der Waals surface area contributed by atoms with Gasteiger partial charge in [-0.25, -0.2) is 0 Å². The van der Waals surface area contributed by atoms with Crippen LogP contribution in [0.3, 0.4) is 0 Å². The summed E-state index contributed by atoms with van der Waals surface area (Å²) in [5.41, 5.74) is 3.99. The minimum atomic E-state index is 0.0591. The number of rotatable bonds is 3. The molecule has 0 amide bonds. The van der Waals surface area contributed by atoms with Gasteiger partial charge >= 0.3 is 0 Å². The number of benzene rings is 1. The number of aryl methyl sites for hydroxylation is 1. The van der Waals surface area contributed by atoms with Gasteiger partial charge in [-0.2, -0.15) is 0 Å². The van der Waals surface area contributed by atoms with Gasteiger partial charge in [0.15, 0.2) is 5.78 Å². The molecular weight excluding hydrogens is 246 g/mol. The van der Waals surface area contributed by atoms with E-state index in [2.05, 4.69) is 31.8 Å². The molecule has 0 spiro atoms. The zero-order valence-corrected chi connectivity index (χ0v) is 12.6. The maximum atomic E-state index is 12.4. The fourth-order valence-electron chi connectivity index (χ4n) is 2.16. The third-order valence-corrected chi connectivity index (χ3v) is 3.38. The van der Waals surface area contributed by atoms with Crippen molar-refractivity contribution >= 4 is 5.78 Å². The summed E-state index contributed by atoms with van der Waals surface area (Å²) in [6.07, 6.45) is 2.18. The molecule has 2 heteroatoms. The van der Waals surface area contributed by atoms with Crippen molar-refractivity contribution in [3.05, 3.63) is 65.0 Å². The van der Waals surface area contributed by atoms with Crippen LogP contribution in [0.2, 0.25) is 0 Å². The van der Waals surface area contributed by atoms with Crippen molar-refractivity contribution < 1.29 is 4.79 Å². The number of carbonyl (C=O) groups is 1. The summed E-state index contributed by atoms with van der Waals surface area (Å²) in [6, 6.07) is 11.8. The molecule has 2 rings (SSSR count). The van der Waals surface area contributed by atoms with Crippen LogP contribution in [0.15, 0.2) is 42.6 Å². The molecule has 0 bridgehead atoms. The second-order valence-corrected chi connectivity index (χ2v) is 6.24. The number of aromatic nitrogens is 1. The van der Waals surface area contributed by atoms with Gasteiger partial charge in [0.25, 0.3) is 0 Å². The monoisotopic (exact) mass is 267 g/mol. The largest absolute Gasteiger partial charge is 0.294 e. The first-order valence-electron chi connectivity index (χ1n) is 6.91. The van der Waals surface area contributed by atoms with Crippen LogP contribution in [0.4, 0.5) is 0 Å². The number of Topliss-reactive ketones (excluding diaryl/α,β-unsaturated/α-hetero) is 1. The van der Waals surface area contributed by atoms with Crippen molar-refractivity contribution in [1.82, 2.24) is 4.98 Å². The molecule has 0 aliphatic carbocycles. The fourth-order valence-corrected chi connectivity index (χ4v) is 2.16. The van der Waals surface area contributed by atoms with Gasteiger partial charge in [-0.1, -0.05) is 39.0 Å². The van der Waals surface area contributed by atoms with Gasteiger partial charge in [-0.15, -0.1) is 0 Å². The molecule has 0 unspecified atom stereocenters. The number of pyridine rings is 1. The minimum Gasteiger partial charge on any atom is -0.294 e. The van der Waals surface area contributed by atoms with E-state index in [9.17, 15) is 4.79 Å². The van der Waals surface area contributed by atoms with Crippen molar-refractivity contribution in [2.24, 2.45) is 0 Å². The van der Waals surface area contributed by atoms with Crippen molar-refractivity contribution in [1.29, 1.82) is 0 Å². The van der Waals surface area contributed by atoms with Gasteiger partial charge < -0.3 is 0 Å². The summed E-state index contributed by atoms with van der Waals surface area (Å²) in [5, 5.41) is 0. The SMILES string of the molecule is Cc1cc(CC(=O)c2cccc(C(C)(C)C)c2)ccn1. The van der Waals surface area contributed by atoms with Crippen molar-refractivity contribution in [2.45, 2.75) is 39.5 Å². The highest BCUT2D eigenvalue weighted by molar-refractivity contribution is 5.97. The van der Waals surface area contributed by atoms with Gasteiger partial charge in [0.1, 0.15) is 0 Å². The molecular formula is C18H21NO. The highest BCUT2D eigenvalue weighted by Gasteiger charge is 2.15. The molecule has 2 nitrogen and oxygen atoms in total. The van der Waals surface area contributed by atoms with Crippen LogP contribution < -0.4 is 0 Å². The highest BCUT2D eigenvalue weighted by atomic mass is 16.1. The van der Waals surface area contributed by atoms with Gasteiger partial charge in [-0.05, 0) is 41.7 Å². The number of ketones is 1. The van der Waals surface area contributed by atoms with Crippen molar-refractivity contribution in [3.8, 4) is 0 Å². The molecule has 0 saturated carbocycles. The van der Waals surface area contributed by atoms with E-state index in [0.29, 0.717) is 6.42 Å². The summed E-state index contributed by atoms with van der Waals surface area (Å²) in [5.74, 6) is 0.154. The average molecular weight is 267 g/mol. The third-order valence-electron chi connectivity index (χ3n) is 3.38. The number of hydrogen-bond donors (Lipinski definition) is 0. The fraction of sp³-hybridized carbons (Fsp3) is 0.333. The number of carbonyl (C=O) groups excluding carboxylic acids is 1. The normalized spacial score (nSPS) is 11.4. The van der Waals surface area contributed by atoms with Crippen LogP contribution in [-0.4, -0.2) is 10.8 Å². The Morgan fingerprint density at radius 1 is 1.15 bits per heavy atom. The van der Waals surface area contributed by atoms with E-state index in [4.69, 9.17) is 0 Å². The molecule has 1 aromatic carbocycles. The number of nitrogens with zero attached hydrogens (tertiary/aromatic N) is 1. The van der Waals surface area contributed by atoms with Crippen LogP contribution >= 0.6 is 0 Å². The maximum absolute atomic E-state index is 12.4. The van der Waals surface area contributed by atoms with Crippen LogP contribution in [0.5, 0.6) is 0 Å². The van der Waals surface area contributed by atoms with Gasteiger partial charge in [0, 0.05) is 23.9 Å². The molecule has 0 saturated heterocycles. The van der Waals surface area contributed by atoms with E-state index >= 15 is 0 Å². The Morgan fingerprint density at radius 3 is 2.55 bits per heavy atom. The van der Waals surface area contributed by atoms with E-state index < -0.39 is 0 Å². The zero-order chi connectivity index (χ0) is 14.8. The zero-order valence-electron chi connectivity index (χ0n) is 12.6. The number of hydrogen-bond acceptors (Lipinski definition) is 2. The lowest BCUT2D eigenvalue weighted by atomic mass is 9.85. The molecule has 2 aromatic rings. The Hall–Kier alpha value is -1.96. The second-order valence-electron chi connectivity index (χ2n) is 6.24. The second kappa shape index (κ2) is 5.58. The lowest BCUT2D eigenvalue weighted by molar-refractivity contribution is 0.0993.